The van der Waals surface area contributed by atoms with Crippen molar-refractivity contribution in [2.45, 2.75) is 6.92 Å². The Morgan fingerprint density at radius 3 is 1.52 bits per heavy atom. The molecule has 3 aromatic heterocycles. The minimum atomic E-state index is 0.327. The van der Waals surface area contributed by atoms with Crippen molar-refractivity contribution in [3.05, 3.63) is 65.7 Å². The van der Waals surface area contributed by atoms with Crippen LogP contribution in [-0.2, 0) is 0 Å². The summed E-state index contributed by atoms with van der Waals surface area (Å²) in [5, 5.41) is 25.2. The van der Waals surface area contributed by atoms with Crippen LogP contribution in [0.2, 0.25) is 0 Å². The number of anilines is 4. The minimum absolute atomic E-state index is 0.327. The number of hydrogen-bond acceptors (Lipinski definition) is 7. The first-order chi connectivity index (χ1) is 12.2. The average molecular weight is 327 g/mol. The van der Waals surface area contributed by atoms with E-state index in [9.17, 15) is 10.5 Å². The molecule has 0 unspecified atom stereocenters. The topological polar surface area (TPSA) is 110 Å². The summed E-state index contributed by atoms with van der Waals surface area (Å²) in [5.74, 6) is 0.753. The van der Waals surface area contributed by atoms with Gasteiger partial charge in [-0.05, 0) is 36.8 Å². The molecule has 0 aliphatic heterocycles. The molecule has 7 heteroatoms. The first-order valence-corrected chi connectivity index (χ1v) is 7.42. The fourth-order valence-corrected chi connectivity index (χ4v) is 2.30. The van der Waals surface area contributed by atoms with Gasteiger partial charge in [0.15, 0.2) is 11.6 Å². The number of rotatable bonds is 4. The van der Waals surface area contributed by atoms with E-state index >= 15 is 0 Å². The summed E-state index contributed by atoms with van der Waals surface area (Å²) in [5.41, 5.74) is 2.71. The highest BCUT2D eigenvalue weighted by Gasteiger charge is 2.17. The summed E-state index contributed by atoms with van der Waals surface area (Å²) in [6, 6.07) is 11.3. The zero-order chi connectivity index (χ0) is 17.6. The number of aromatic nitrogens is 3. The second-order valence-corrected chi connectivity index (χ2v) is 5.13. The van der Waals surface area contributed by atoms with Gasteiger partial charge in [0.1, 0.15) is 12.1 Å². The Morgan fingerprint density at radius 1 is 0.760 bits per heavy atom. The molecule has 3 heterocycles. The SMILES string of the molecule is Cc1c(C#N)c(Nc2ccncc2)nc(Nc2ccncc2)c1C#N. The van der Waals surface area contributed by atoms with Gasteiger partial charge in [-0.25, -0.2) is 4.98 Å². The fraction of sp³-hybridized carbons (Fsp3) is 0.0556. The van der Waals surface area contributed by atoms with Crippen molar-refractivity contribution in [2.75, 3.05) is 10.6 Å². The lowest BCUT2D eigenvalue weighted by Crippen LogP contribution is -2.06. The molecular formula is C18H13N7. The Labute approximate surface area is 144 Å². The van der Waals surface area contributed by atoms with Gasteiger partial charge in [-0.2, -0.15) is 10.5 Å². The molecule has 0 saturated heterocycles. The van der Waals surface area contributed by atoms with E-state index in [1.165, 1.54) is 0 Å². The molecule has 0 aliphatic rings. The molecule has 120 valence electrons. The Kier molecular flexibility index (Phi) is 4.50. The maximum Gasteiger partial charge on any atom is 0.151 e. The van der Waals surface area contributed by atoms with Crippen LogP contribution in [0.25, 0.3) is 0 Å². The molecule has 0 bridgehead atoms. The van der Waals surface area contributed by atoms with E-state index in [0.29, 0.717) is 28.3 Å². The molecule has 25 heavy (non-hydrogen) atoms. The van der Waals surface area contributed by atoms with Crippen LogP contribution >= 0.6 is 0 Å². The smallest absolute Gasteiger partial charge is 0.151 e. The predicted octanol–water partition coefficient (Wildman–Crippen LogP) is 3.41. The molecule has 0 aromatic carbocycles. The highest BCUT2D eigenvalue weighted by Crippen LogP contribution is 2.29. The van der Waals surface area contributed by atoms with Gasteiger partial charge in [0, 0.05) is 36.2 Å². The van der Waals surface area contributed by atoms with Crippen molar-refractivity contribution in [1.82, 2.24) is 15.0 Å². The van der Waals surface area contributed by atoms with Gasteiger partial charge in [-0.15, -0.1) is 0 Å². The monoisotopic (exact) mass is 327 g/mol. The Hall–Kier alpha value is -3.97. The molecule has 7 nitrogen and oxygen atoms in total. The third-order valence-corrected chi connectivity index (χ3v) is 3.56. The van der Waals surface area contributed by atoms with E-state index in [2.05, 4.69) is 37.7 Å². The molecule has 0 saturated carbocycles. The van der Waals surface area contributed by atoms with Gasteiger partial charge in [-0.3, -0.25) is 9.97 Å². The Bertz CT molecular complexity index is 893. The number of nitrogens with one attached hydrogen (secondary N) is 2. The summed E-state index contributed by atoms with van der Waals surface area (Å²) in [7, 11) is 0. The fourth-order valence-electron chi connectivity index (χ4n) is 2.30. The maximum absolute atomic E-state index is 9.50. The van der Waals surface area contributed by atoms with E-state index in [-0.39, 0.29) is 0 Å². The molecule has 0 amide bonds. The zero-order valence-corrected chi connectivity index (χ0v) is 13.4. The summed E-state index contributed by atoms with van der Waals surface area (Å²) in [6.07, 6.45) is 6.56. The maximum atomic E-state index is 9.50. The molecule has 0 radical (unpaired) electrons. The predicted molar refractivity (Wildman–Crippen MR) is 93.4 cm³/mol. The lowest BCUT2D eigenvalue weighted by molar-refractivity contribution is 1.21. The molecule has 0 fully saturated rings. The van der Waals surface area contributed by atoms with Gasteiger partial charge >= 0.3 is 0 Å². The van der Waals surface area contributed by atoms with Crippen LogP contribution in [0, 0.1) is 29.6 Å². The summed E-state index contributed by atoms with van der Waals surface area (Å²) in [6.45, 7) is 1.73. The lowest BCUT2D eigenvalue weighted by atomic mass is 10.0. The van der Waals surface area contributed by atoms with Gasteiger partial charge in [0.05, 0.1) is 11.1 Å². The Balaban J connectivity index is 2.09. The second kappa shape index (κ2) is 7.07. The Morgan fingerprint density at radius 2 is 1.16 bits per heavy atom. The van der Waals surface area contributed by atoms with Crippen LogP contribution < -0.4 is 10.6 Å². The van der Waals surface area contributed by atoms with Gasteiger partial charge in [0.2, 0.25) is 0 Å². The average Bonchev–Trinajstić information content (AvgIpc) is 2.64. The third-order valence-electron chi connectivity index (χ3n) is 3.56. The number of hydrogen-bond donors (Lipinski definition) is 2. The van der Waals surface area contributed by atoms with Gasteiger partial charge < -0.3 is 10.6 Å². The van der Waals surface area contributed by atoms with E-state index in [4.69, 9.17) is 0 Å². The molecule has 0 spiro atoms. The zero-order valence-electron chi connectivity index (χ0n) is 13.4. The minimum Gasteiger partial charge on any atom is -0.339 e. The van der Waals surface area contributed by atoms with Crippen LogP contribution in [0.15, 0.2) is 49.1 Å². The standard InChI is InChI=1S/C18H13N7/c1-12-15(10-19)17(23-13-2-6-21-7-3-13)25-18(16(12)11-20)24-14-4-8-22-9-5-14/h2-9H,1H3,(H2,21,22,23,24,25). The van der Waals surface area contributed by atoms with Crippen LogP contribution in [0.4, 0.5) is 23.0 Å². The highest BCUT2D eigenvalue weighted by atomic mass is 15.1. The number of pyridine rings is 3. The van der Waals surface area contributed by atoms with Crippen molar-refractivity contribution in [1.29, 1.82) is 10.5 Å². The normalized spacial score (nSPS) is 9.72. The van der Waals surface area contributed by atoms with E-state index in [0.717, 1.165) is 11.4 Å². The summed E-state index contributed by atoms with van der Waals surface area (Å²) in [4.78, 5) is 12.4. The van der Waals surface area contributed by atoms with Crippen LogP contribution in [0.3, 0.4) is 0 Å². The first kappa shape index (κ1) is 15.9. The molecule has 3 aromatic rings. The van der Waals surface area contributed by atoms with Crippen LogP contribution in [0.1, 0.15) is 16.7 Å². The van der Waals surface area contributed by atoms with E-state index in [1.54, 1.807) is 56.0 Å². The highest BCUT2D eigenvalue weighted by molar-refractivity contribution is 5.74. The van der Waals surface area contributed by atoms with E-state index in [1.807, 2.05) is 0 Å². The number of nitrogens with zero attached hydrogens (tertiary/aromatic N) is 5. The molecular weight excluding hydrogens is 314 g/mol. The molecule has 3 rings (SSSR count). The second-order valence-electron chi connectivity index (χ2n) is 5.13. The summed E-state index contributed by atoms with van der Waals surface area (Å²) >= 11 is 0. The van der Waals surface area contributed by atoms with Crippen LogP contribution in [-0.4, -0.2) is 15.0 Å². The van der Waals surface area contributed by atoms with Gasteiger partial charge in [0.25, 0.3) is 0 Å². The quantitative estimate of drug-likeness (QED) is 0.755. The molecule has 0 atom stereocenters. The number of nitriles is 2. The summed E-state index contributed by atoms with van der Waals surface area (Å²) < 4.78 is 0. The van der Waals surface area contributed by atoms with Crippen molar-refractivity contribution in [2.24, 2.45) is 0 Å². The van der Waals surface area contributed by atoms with Gasteiger partial charge in [-0.1, -0.05) is 0 Å². The largest absolute Gasteiger partial charge is 0.339 e. The van der Waals surface area contributed by atoms with Crippen molar-refractivity contribution >= 4 is 23.0 Å². The van der Waals surface area contributed by atoms with E-state index < -0.39 is 0 Å². The van der Waals surface area contributed by atoms with Crippen molar-refractivity contribution in [3.8, 4) is 12.1 Å². The van der Waals surface area contributed by atoms with Crippen molar-refractivity contribution in [3.63, 3.8) is 0 Å². The molecule has 0 aliphatic carbocycles. The third kappa shape index (κ3) is 3.36. The van der Waals surface area contributed by atoms with Crippen LogP contribution in [0.5, 0.6) is 0 Å². The van der Waals surface area contributed by atoms with Crippen molar-refractivity contribution < 1.29 is 0 Å². The lowest BCUT2D eigenvalue weighted by Gasteiger charge is -2.15. The molecule has 2 N–H and O–H groups in total. The first-order valence-electron chi connectivity index (χ1n) is 7.42.